The maximum atomic E-state index is 16.1. The predicted octanol–water partition coefficient (Wildman–Crippen LogP) is 4.34. The fourth-order valence-electron chi connectivity index (χ4n) is 4.55. The molecule has 4 aromatic rings. The van der Waals surface area contributed by atoms with E-state index in [1.807, 2.05) is 27.9 Å². The Morgan fingerprint density at radius 1 is 1.18 bits per heavy atom. The quantitative estimate of drug-likeness (QED) is 0.503. The van der Waals surface area contributed by atoms with Crippen LogP contribution in [0.15, 0.2) is 36.5 Å². The molecule has 2 aromatic heterocycles. The Labute approximate surface area is 189 Å². The molecule has 0 amide bonds. The van der Waals surface area contributed by atoms with E-state index in [-0.39, 0.29) is 23.7 Å². The van der Waals surface area contributed by atoms with Gasteiger partial charge in [-0.25, -0.2) is 8.78 Å². The largest absolute Gasteiger partial charge is 0.371 e. The fourth-order valence-corrected chi connectivity index (χ4v) is 4.55. The molecular formula is C24H24F2N6O. The molecule has 0 atom stereocenters. The standard InChI is InChI=1S/C24H24F2N6O/c1-13-28-29-23-24(2,3)27-17-11-16(25)20(21(26)22(17)32(13)23)15-7-6-8-18-14(15)9-10-31(18)19(33)12-30(4)5/h6-11,27H,12H2,1-5H3. The van der Waals surface area contributed by atoms with Crippen molar-refractivity contribution in [3.63, 3.8) is 0 Å². The molecule has 0 aliphatic carbocycles. The number of aryl methyl sites for hydroxylation is 1. The van der Waals surface area contributed by atoms with Gasteiger partial charge in [0, 0.05) is 17.6 Å². The maximum absolute atomic E-state index is 16.1. The number of halogens is 2. The van der Waals surface area contributed by atoms with Gasteiger partial charge in [-0.1, -0.05) is 12.1 Å². The highest BCUT2D eigenvalue weighted by Gasteiger charge is 2.37. The molecule has 0 saturated carbocycles. The number of nitrogens with one attached hydrogen (secondary N) is 1. The van der Waals surface area contributed by atoms with E-state index in [0.29, 0.717) is 33.8 Å². The van der Waals surface area contributed by atoms with Gasteiger partial charge in [-0.05, 0) is 52.6 Å². The average molecular weight is 450 g/mol. The first-order chi connectivity index (χ1) is 15.6. The van der Waals surface area contributed by atoms with E-state index < -0.39 is 17.2 Å². The van der Waals surface area contributed by atoms with Crippen molar-refractivity contribution in [3.05, 3.63) is 59.8 Å². The monoisotopic (exact) mass is 450 g/mol. The van der Waals surface area contributed by atoms with Gasteiger partial charge in [0.1, 0.15) is 17.3 Å². The zero-order chi connectivity index (χ0) is 23.7. The molecule has 0 fully saturated rings. The Hall–Kier alpha value is -3.59. The van der Waals surface area contributed by atoms with Crippen LogP contribution in [0.2, 0.25) is 0 Å². The molecule has 3 heterocycles. The van der Waals surface area contributed by atoms with Crippen LogP contribution in [0.3, 0.4) is 0 Å². The van der Waals surface area contributed by atoms with Crippen LogP contribution in [0, 0.1) is 18.6 Å². The zero-order valence-electron chi connectivity index (χ0n) is 19.1. The van der Waals surface area contributed by atoms with E-state index in [4.69, 9.17) is 0 Å². The molecule has 2 aromatic carbocycles. The van der Waals surface area contributed by atoms with Crippen LogP contribution < -0.4 is 5.32 Å². The summed E-state index contributed by atoms with van der Waals surface area (Å²) in [6.45, 7) is 5.72. The molecule has 0 saturated heterocycles. The minimum absolute atomic E-state index is 0.130. The highest BCUT2D eigenvalue weighted by molar-refractivity contribution is 6.01. The Balaban J connectivity index is 1.74. The Bertz CT molecular complexity index is 1430. The second kappa shape index (κ2) is 7.21. The molecule has 1 aliphatic rings. The van der Waals surface area contributed by atoms with E-state index in [0.717, 1.165) is 0 Å². The first kappa shape index (κ1) is 21.3. The number of rotatable bonds is 3. The van der Waals surface area contributed by atoms with Crippen molar-refractivity contribution in [2.24, 2.45) is 0 Å². The van der Waals surface area contributed by atoms with Crippen LogP contribution in [0.1, 0.15) is 30.3 Å². The highest BCUT2D eigenvalue weighted by Crippen LogP contribution is 2.43. The fraction of sp³-hybridized carbons (Fsp3) is 0.292. The summed E-state index contributed by atoms with van der Waals surface area (Å²) in [5.74, 6) is -0.478. The summed E-state index contributed by atoms with van der Waals surface area (Å²) in [4.78, 5) is 14.4. The van der Waals surface area contributed by atoms with Gasteiger partial charge >= 0.3 is 0 Å². The number of benzene rings is 2. The van der Waals surface area contributed by atoms with Crippen molar-refractivity contribution < 1.29 is 13.6 Å². The van der Waals surface area contributed by atoms with Crippen LogP contribution in [0.25, 0.3) is 27.7 Å². The molecule has 0 bridgehead atoms. The second-order valence-electron chi connectivity index (χ2n) is 9.16. The number of likely N-dealkylation sites (N-methyl/N-ethyl adjacent to an activating group) is 1. The summed E-state index contributed by atoms with van der Waals surface area (Å²) >= 11 is 0. The molecule has 1 aliphatic heterocycles. The molecule has 0 spiro atoms. The summed E-state index contributed by atoms with van der Waals surface area (Å²) in [6, 6.07) is 8.16. The molecule has 1 N–H and O–H groups in total. The lowest BCUT2D eigenvalue weighted by Gasteiger charge is -2.34. The van der Waals surface area contributed by atoms with Gasteiger partial charge in [-0.3, -0.25) is 13.9 Å². The van der Waals surface area contributed by atoms with Gasteiger partial charge in [-0.2, -0.15) is 0 Å². The number of carbonyl (C=O) groups is 1. The number of carbonyl (C=O) groups excluding carboxylic acids is 1. The van der Waals surface area contributed by atoms with Gasteiger partial charge in [0.25, 0.3) is 0 Å². The molecule has 9 heteroatoms. The van der Waals surface area contributed by atoms with E-state index in [9.17, 15) is 4.79 Å². The lowest BCUT2D eigenvalue weighted by atomic mass is 9.95. The smallest absolute Gasteiger partial charge is 0.245 e. The minimum atomic E-state index is -0.711. The molecule has 33 heavy (non-hydrogen) atoms. The van der Waals surface area contributed by atoms with Crippen LogP contribution in [0.5, 0.6) is 0 Å². The average Bonchev–Trinajstić information content (AvgIpc) is 3.32. The molecular weight excluding hydrogens is 426 g/mol. The van der Waals surface area contributed by atoms with Gasteiger partial charge in [0.05, 0.1) is 28.9 Å². The topological polar surface area (TPSA) is 68.0 Å². The van der Waals surface area contributed by atoms with Crippen LogP contribution in [-0.2, 0) is 5.54 Å². The summed E-state index contributed by atoms with van der Waals surface area (Å²) in [5.41, 5.74) is 0.676. The van der Waals surface area contributed by atoms with Gasteiger partial charge in [0.15, 0.2) is 11.6 Å². The van der Waals surface area contributed by atoms with Gasteiger partial charge < -0.3 is 10.2 Å². The van der Waals surface area contributed by atoms with Crippen molar-refractivity contribution >= 4 is 22.5 Å². The Morgan fingerprint density at radius 3 is 2.67 bits per heavy atom. The number of anilines is 1. The van der Waals surface area contributed by atoms with E-state index in [1.54, 1.807) is 46.9 Å². The second-order valence-corrected chi connectivity index (χ2v) is 9.16. The lowest BCUT2D eigenvalue weighted by molar-refractivity contribution is 0.0882. The van der Waals surface area contributed by atoms with E-state index >= 15 is 8.78 Å². The summed E-state index contributed by atoms with van der Waals surface area (Å²) in [7, 11) is 3.62. The van der Waals surface area contributed by atoms with Crippen molar-refractivity contribution in [2.45, 2.75) is 26.3 Å². The first-order valence-corrected chi connectivity index (χ1v) is 10.6. The molecule has 5 rings (SSSR count). The first-order valence-electron chi connectivity index (χ1n) is 10.6. The highest BCUT2D eigenvalue weighted by atomic mass is 19.1. The summed E-state index contributed by atoms with van der Waals surface area (Å²) in [5, 5.41) is 12.1. The number of nitrogens with zero attached hydrogens (tertiary/aromatic N) is 5. The number of hydrogen-bond acceptors (Lipinski definition) is 5. The number of hydrogen-bond donors (Lipinski definition) is 1. The minimum Gasteiger partial charge on any atom is -0.371 e. The SMILES string of the molecule is Cc1nnc2n1-c1c(cc(F)c(-c3cccc4c3ccn4C(=O)CN(C)C)c1F)NC2(C)C. The zero-order valence-corrected chi connectivity index (χ0v) is 19.1. The van der Waals surface area contributed by atoms with Crippen molar-refractivity contribution in [3.8, 4) is 16.8 Å². The van der Waals surface area contributed by atoms with Crippen molar-refractivity contribution in [1.29, 1.82) is 0 Å². The molecule has 0 radical (unpaired) electrons. The molecule has 0 unspecified atom stereocenters. The van der Waals surface area contributed by atoms with Gasteiger partial charge in [-0.15, -0.1) is 10.2 Å². The molecule has 170 valence electrons. The van der Waals surface area contributed by atoms with Crippen LogP contribution in [0.4, 0.5) is 14.5 Å². The normalized spacial score (nSPS) is 14.3. The van der Waals surface area contributed by atoms with Crippen LogP contribution in [-0.4, -0.2) is 50.8 Å². The Kier molecular flexibility index (Phi) is 4.65. The Morgan fingerprint density at radius 2 is 1.94 bits per heavy atom. The van der Waals surface area contributed by atoms with E-state index in [2.05, 4.69) is 15.5 Å². The third kappa shape index (κ3) is 3.14. The number of fused-ring (bicyclic) bond motifs is 4. The third-order valence-corrected chi connectivity index (χ3v) is 5.97. The predicted molar refractivity (Wildman–Crippen MR) is 123 cm³/mol. The molecule has 7 nitrogen and oxygen atoms in total. The third-order valence-electron chi connectivity index (χ3n) is 5.97. The lowest BCUT2D eigenvalue weighted by Crippen LogP contribution is -2.36. The van der Waals surface area contributed by atoms with E-state index in [1.165, 1.54) is 10.6 Å². The maximum Gasteiger partial charge on any atom is 0.245 e. The van der Waals surface area contributed by atoms with Crippen LogP contribution >= 0.6 is 0 Å². The van der Waals surface area contributed by atoms with Crippen molar-refractivity contribution in [1.82, 2.24) is 24.2 Å². The summed E-state index contributed by atoms with van der Waals surface area (Å²) < 4.78 is 34.7. The number of aromatic nitrogens is 4. The van der Waals surface area contributed by atoms with Gasteiger partial charge in [0.2, 0.25) is 5.91 Å². The van der Waals surface area contributed by atoms with Crippen molar-refractivity contribution in [2.75, 3.05) is 26.0 Å². The summed E-state index contributed by atoms with van der Waals surface area (Å²) in [6.07, 6.45) is 1.64.